The van der Waals surface area contributed by atoms with Gasteiger partial charge in [-0.25, -0.2) is 9.37 Å². The number of aryl methyl sites for hydroxylation is 1. The molecule has 1 amide bonds. The molecule has 0 fully saturated rings. The van der Waals surface area contributed by atoms with Gasteiger partial charge >= 0.3 is 0 Å². The highest BCUT2D eigenvalue weighted by molar-refractivity contribution is 6.02. The molecule has 2 aromatic heterocycles. The first-order valence-electron chi connectivity index (χ1n) is 7.10. The van der Waals surface area contributed by atoms with Crippen LogP contribution in [0.15, 0.2) is 54.9 Å². The fourth-order valence-corrected chi connectivity index (χ4v) is 2.20. The van der Waals surface area contributed by atoms with E-state index in [1.807, 2.05) is 12.1 Å². The van der Waals surface area contributed by atoms with E-state index in [2.05, 4.69) is 15.4 Å². The van der Waals surface area contributed by atoms with E-state index < -0.39 is 0 Å². The summed E-state index contributed by atoms with van der Waals surface area (Å²) in [5.41, 5.74) is 2.14. The number of pyridine rings is 1. The maximum atomic E-state index is 13.2. The molecule has 0 radical (unpaired) electrons. The molecule has 0 spiro atoms. The summed E-state index contributed by atoms with van der Waals surface area (Å²) in [4.78, 5) is 16.2. The van der Waals surface area contributed by atoms with Gasteiger partial charge in [0.2, 0.25) is 0 Å². The van der Waals surface area contributed by atoms with Crippen molar-refractivity contribution in [3.05, 3.63) is 77.5 Å². The van der Waals surface area contributed by atoms with E-state index in [9.17, 15) is 9.18 Å². The highest BCUT2D eigenvalue weighted by Crippen LogP contribution is 2.12. The third-order valence-corrected chi connectivity index (χ3v) is 3.31. The maximum absolute atomic E-state index is 13.2. The van der Waals surface area contributed by atoms with E-state index in [0.717, 1.165) is 11.1 Å². The average Bonchev–Trinajstić information content (AvgIpc) is 2.96. The van der Waals surface area contributed by atoms with E-state index in [0.29, 0.717) is 17.9 Å². The van der Waals surface area contributed by atoms with Crippen LogP contribution in [-0.4, -0.2) is 20.7 Å². The Kier molecular flexibility index (Phi) is 4.14. The number of carbonyl (C=O) groups is 1. The van der Waals surface area contributed by atoms with Gasteiger partial charge in [-0.1, -0.05) is 18.2 Å². The van der Waals surface area contributed by atoms with Gasteiger partial charge in [-0.2, -0.15) is 5.10 Å². The second-order valence-electron chi connectivity index (χ2n) is 5.19. The highest BCUT2D eigenvalue weighted by atomic mass is 19.1. The molecule has 116 valence electrons. The molecular weight excluding hydrogens is 295 g/mol. The minimum Gasteiger partial charge on any atom is -0.305 e. The molecule has 0 atom stereocenters. The Labute approximate surface area is 132 Å². The first kappa shape index (κ1) is 14.9. The van der Waals surface area contributed by atoms with Crippen molar-refractivity contribution < 1.29 is 9.18 Å². The molecule has 0 aliphatic heterocycles. The molecule has 0 unspecified atom stereocenters. The van der Waals surface area contributed by atoms with Crippen LogP contribution in [0, 0.1) is 5.82 Å². The second-order valence-corrected chi connectivity index (χ2v) is 5.19. The number of nitrogens with zero attached hydrogens (tertiary/aromatic N) is 3. The summed E-state index contributed by atoms with van der Waals surface area (Å²) in [6.07, 6.45) is 3.95. The first-order valence-corrected chi connectivity index (χ1v) is 7.10. The molecule has 0 aliphatic rings. The zero-order chi connectivity index (χ0) is 16.2. The van der Waals surface area contributed by atoms with Gasteiger partial charge in [-0.15, -0.1) is 0 Å². The molecule has 23 heavy (non-hydrogen) atoms. The van der Waals surface area contributed by atoms with Gasteiger partial charge in [0.15, 0.2) is 5.69 Å². The Morgan fingerprint density at radius 2 is 2.09 bits per heavy atom. The normalized spacial score (nSPS) is 10.5. The SMILES string of the molecule is Cn1ccc(C(=O)Nc2ccc(Cc3cccc(F)c3)cn2)n1. The number of hydrogen-bond acceptors (Lipinski definition) is 3. The number of carbonyl (C=O) groups excluding carboxylic acids is 1. The van der Waals surface area contributed by atoms with Gasteiger partial charge < -0.3 is 5.32 Å². The van der Waals surface area contributed by atoms with Crippen molar-refractivity contribution in [1.29, 1.82) is 0 Å². The van der Waals surface area contributed by atoms with Gasteiger partial charge in [0.1, 0.15) is 11.6 Å². The Morgan fingerprint density at radius 1 is 1.22 bits per heavy atom. The highest BCUT2D eigenvalue weighted by Gasteiger charge is 2.09. The average molecular weight is 310 g/mol. The molecule has 0 bridgehead atoms. The molecule has 2 heterocycles. The molecular formula is C17H15FN4O. The minimum atomic E-state index is -0.309. The minimum absolute atomic E-state index is 0.255. The molecule has 0 saturated heterocycles. The van der Waals surface area contributed by atoms with Crippen LogP contribution < -0.4 is 5.32 Å². The van der Waals surface area contributed by atoms with Gasteiger partial charge in [0.05, 0.1) is 0 Å². The summed E-state index contributed by atoms with van der Waals surface area (Å²) < 4.78 is 14.7. The number of nitrogens with one attached hydrogen (secondary N) is 1. The van der Waals surface area contributed by atoms with E-state index in [1.54, 1.807) is 42.3 Å². The van der Waals surface area contributed by atoms with Gasteiger partial charge in [-0.05, 0) is 41.8 Å². The monoisotopic (exact) mass is 310 g/mol. The topological polar surface area (TPSA) is 59.8 Å². The number of aromatic nitrogens is 3. The van der Waals surface area contributed by atoms with Gasteiger partial charge in [0.25, 0.3) is 5.91 Å². The maximum Gasteiger partial charge on any atom is 0.277 e. The lowest BCUT2D eigenvalue weighted by Gasteiger charge is -2.05. The van der Waals surface area contributed by atoms with Crippen molar-refractivity contribution in [3.8, 4) is 0 Å². The summed E-state index contributed by atoms with van der Waals surface area (Å²) in [5, 5.41) is 6.72. The molecule has 5 nitrogen and oxygen atoms in total. The van der Waals surface area contributed by atoms with Crippen molar-refractivity contribution in [3.63, 3.8) is 0 Å². The molecule has 1 N–H and O–H groups in total. The number of amides is 1. The number of hydrogen-bond donors (Lipinski definition) is 1. The van der Waals surface area contributed by atoms with Crippen LogP contribution in [0.25, 0.3) is 0 Å². The van der Waals surface area contributed by atoms with Gasteiger partial charge in [0, 0.05) is 19.4 Å². The van der Waals surface area contributed by atoms with E-state index in [4.69, 9.17) is 0 Å². The quantitative estimate of drug-likeness (QED) is 0.806. The fourth-order valence-electron chi connectivity index (χ4n) is 2.20. The van der Waals surface area contributed by atoms with Crippen LogP contribution in [0.3, 0.4) is 0 Å². The largest absolute Gasteiger partial charge is 0.305 e. The van der Waals surface area contributed by atoms with Crippen molar-refractivity contribution >= 4 is 11.7 Å². The van der Waals surface area contributed by atoms with Crippen LogP contribution >= 0.6 is 0 Å². The summed E-state index contributed by atoms with van der Waals surface area (Å²) in [7, 11) is 1.75. The first-order chi connectivity index (χ1) is 11.1. The predicted octanol–water partition coefficient (Wildman–Crippen LogP) is 2.80. The van der Waals surface area contributed by atoms with E-state index >= 15 is 0 Å². The number of halogens is 1. The lowest BCUT2D eigenvalue weighted by atomic mass is 10.1. The standard InChI is InChI=1S/C17H15FN4O/c1-22-8-7-15(21-22)17(23)20-16-6-5-13(11-19-16)9-12-3-2-4-14(18)10-12/h2-8,10-11H,9H2,1H3,(H,19,20,23). The van der Waals surface area contributed by atoms with Crippen molar-refractivity contribution in [2.24, 2.45) is 7.05 Å². The van der Waals surface area contributed by atoms with Crippen molar-refractivity contribution in [2.75, 3.05) is 5.32 Å². The molecule has 3 rings (SSSR count). The zero-order valence-corrected chi connectivity index (χ0v) is 12.5. The zero-order valence-electron chi connectivity index (χ0n) is 12.5. The second kappa shape index (κ2) is 6.39. The summed E-state index contributed by atoms with van der Waals surface area (Å²) >= 11 is 0. The Bertz CT molecular complexity index is 827. The Hall–Kier alpha value is -3.02. The predicted molar refractivity (Wildman–Crippen MR) is 84.6 cm³/mol. The van der Waals surface area contributed by atoms with Crippen molar-refractivity contribution in [1.82, 2.24) is 14.8 Å². The fraction of sp³-hybridized carbons (Fsp3) is 0.118. The molecule has 0 aliphatic carbocycles. The molecule has 6 heteroatoms. The van der Waals surface area contributed by atoms with Gasteiger partial charge in [-0.3, -0.25) is 9.48 Å². The van der Waals surface area contributed by atoms with E-state index in [1.165, 1.54) is 12.1 Å². The summed E-state index contributed by atoms with van der Waals surface area (Å²) in [6.45, 7) is 0. The lowest BCUT2D eigenvalue weighted by Crippen LogP contribution is -2.14. The van der Waals surface area contributed by atoms with E-state index in [-0.39, 0.29) is 11.7 Å². The third kappa shape index (κ3) is 3.79. The Morgan fingerprint density at radius 3 is 2.74 bits per heavy atom. The van der Waals surface area contributed by atoms with Crippen molar-refractivity contribution in [2.45, 2.75) is 6.42 Å². The Balaban J connectivity index is 1.66. The summed E-state index contributed by atoms with van der Waals surface area (Å²) in [5.74, 6) is -0.116. The van der Waals surface area contributed by atoms with Crippen LogP contribution in [0.4, 0.5) is 10.2 Å². The molecule has 0 saturated carbocycles. The van der Waals surface area contributed by atoms with Crippen LogP contribution in [0.2, 0.25) is 0 Å². The molecule has 1 aromatic carbocycles. The third-order valence-electron chi connectivity index (χ3n) is 3.31. The van der Waals surface area contributed by atoms with Crippen LogP contribution in [0.5, 0.6) is 0 Å². The van der Waals surface area contributed by atoms with Crippen LogP contribution in [-0.2, 0) is 13.5 Å². The number of benzene rings is 1. The van der Waals surface area contributed by atoms with Crippen LogP contribution in [0.1, 0.15) is 21.6 Å². The number of rotatable bonds is 4. The summed E-state index contributed by atoms with van der Waals surface area (Å²) in [6, 6.07) is 11.7. The number of anilines is 1. The smallest absolute Gasteiger partial charge is 0.277 e. The molecule has 3 aromatic rings. The lowest BCUT2D eigenvalue weighted by molar-refractivity contribution is 0.102.